The van der Waals surface area contributed by atoms with Crippen molar-refractivity contribution < 1.29 is 24.2 Å². The highest BCUT2D eigenvalue weighted by Crippen LogP contribution is 2.65. The molecule has 7 atom stereocenters. The quantitative estimate of drug-likeness (QED) is 0.451. The first-order valence-electron chi connectivity index (χ1n) is 13.6. The summed E-state index contributed by atoms with van der Waals surface area (Å²) in [6, 6.07) is 14.2. The molecule has 3 aliphatic heterocycles. The Bertz CT molecular complexity index is 1260. The van der Waals surface area contributed by atoms with Crippen molar-refractivity contribution >= 4 is 40.7 Å². The minimum absolute atomic E-state index is 0.0865. The first-order valence-corrected chi connectivity index (χ1v) is 13.9. The Morgan fingerprint density at radius 3 is 2.31 bits per heavy atom. The van der Waals surface area contributed by atoms with Crippen molar-refractivity contribution in [2.45, 2.75) is 63.8 Å². The second kappa shape index (κ2) is 10.2. The lowest BCUT2D eigenvalue weighted by atomic mass is 9.62. The number of para-hydroxylation sites is 1. The molecule has 8 nitrogen and oxygen atoms in total. The average Bonchev–Trinajstić information content (AvgIpc) is 3.41. The Morgan fingerprint density at radius 2 is 1.69 bits per heavy atom. The first-order chi connectivity index (χ1) is 18.5. The van der Waals surface area contributed by atoms with Gasteiger partial charge in [-0.2, -0.15) is 0 Å². The van der Waals surface area contributed by atoms with Crippen molar-refractivity contribution in [2.75, 3.05) is 17.2 Å². The van der Waals surface area contributed by atoms with Crippen LogP contribution in [0.1, 0.15) is 40.5 Å². The fraction of sp³-hybridized carbons (Fsp3) is 0.500. The molecule has 3 aliphatic rings. The molecule has 0 aliphatic carbocycles. The van der Waals surface area contributed by atoms with Gasteiger partial charge in [0.25, 0.3) is 0 Å². The number of hydrogen-bond donors (Lipinski definition) is 3. The molecule has 2 aromatic rings. The van der Waals surface area contributed by atoms with Crippen LogP contribution in [0.15, 0.2) is 54.6 Å². The van der Waals surface area contributed by atoms with Crippen molar-refractivity contribution in [3.63, 3.8) is 0 Å². The lowest BCUT2D eigenvalue weighted by Crippen LogP contribution is -2.56. The Labute approximate surface area is 234 Å². The van der Waals surface area contributed by atoms with Crippen molar-refractivity contribution in [1.82, 2.24) is 4.90 Å². The predicted molar refractivity (Wildman–Crippen MR) is 149 cm³/mol. The largest absolute Gasteiger partial charge is 0.394 e. The number of amides is 3. The van der Waals surface area contributed by atoms with Crippen LogP contribution in [0.3, 0.4) is 0 Å². The molecule has 3 unspecified atom stereocenters. The molecule has 0 radical (unpaired) electrons. The van der Waals surface area contributed by atoms with Crippen LogP contribution in [-0.4, -0.2) is 57.6 Å². The molecule has 0 aromatic heterocycles. The van der Waals surface area contributed by atoms with Crippen LogP contribution in [0.25, 0.3) is 0 Å². The number of fused-ring (bicyclic) bond motifs is 1. The number of hydrogen-bond acceptors (Lipinski definition) is 5. The van der Waals surface area contributed by atoms with Crippen LogP contribution in [0, 0.1) is 23.7 Å². The monoisotopic (exact) mass is 553 g/mol. The Hall–Kier alpha value is -2.94. The number of ether oxygens (including phenoxy) is 1. The van der Waals surface area contributed by atoms with Gasteiger partial charge in [0.2, 0.25) is 17.7 Å². The molecule has 9 heteroatoms. The van der Waals surface area contributed by atoms with Crippen LogP contribution in [0.4, 0.5) is 11.4 Å². The number of halogens is 1. The van der Waals surface area contributed by atoms with E-state index in [0.717, 1.165) is 0 Å². The molecule has 208 valence electrons. The van der Waals surface area contributed by atoms with Crippen LogP contribution < -0.4 is 10.6 Å². The molecule has 3 fully saturated rings. The summed E-state index contributed by atoms with van der Waals surface area (Å²) in [4.78, 5) is 43.8. The Kier molecular flexibility index (Phi) is 7.24. The summed E-state index contributed by atoms with van der Waals surface area (Å²) in [5.41, 5.74) is -0.976. The summed E-state index contributed by atoms with van der Waals surface area (Å²) >= 11 is 6.03. The second-order valence-electron chi connectivity index (χ2n) is 11.8. The number of nitrogens with zero attached hydrogens (tertiary/aromatic N) is 1. The third kappa shape index (κ3) is 4.52. The smallest absolute Gasteiger partial charge is 0.250 e. The number of benzene rings is 2. The number of likely N-dealkylation sites (tertiary alicyclic amines) is 1. The van der Waals surface area contributed by atoms with E-state index in [4.69, 9.17) is 16.3 Å². The van der Waals surface area contributed by atoms with Gasteiger partial charge in [-0.3, -0.25) is 14.4 Å². The molecule has 2 bridgehead atoms. The highest BCUT2D eigenvalue weighted by Gasteiger charge is 2.80. The zero-order chi connectivity index (χ0) is 28.1. The number of nitrogens with one attached hydrogen (secondary N) is 2. The average molecular weight is 554 g/mol. The van der Waals surface area contributed by atoms with Crippen molar-refractivity contribution in [3.05, 3.63) is 59.6 Å². The number of aliphatic hydroxyl groups excluding tert-OH is 1. The highest BCUT2D eigenvalue weighted by atomic mass is 35.5. The van der Waals surface area contributed by atoms with Gasteiger partial charge in [0.1, 0.15) is 11.6 Å². The third-order valence-electron chi connectivity index (χ3n) is 8.78. The summed E-state index contributed by atoms with van der Waals surface area (Å²) in [5.74, 6) is -2.62. The normalized spacial score (nSPS) is 31.9. The van der Waals surface area contributed by atoms with Crippen molar-refractivity contribution in [2.24, 2.45) is 23.7 Å². The standard InChI is InChI=1S/C30H36ClN3O5/c1-17(2)14-22(16-35)34-25(27(37)33-21-12-10-19(31)11-13-21)30-15-18(3)29(4,39-30)23(24(30)28(34)38)26(36)32-20-8-6-5-7-9-20/h5-13,17-18,22-25,35H,14-16H2,1-4H3,(H,32,36)(H,33,37)/t18?,22-,23-,24+,25?,29+,30?/m1/s1. The molecular formula is C30H36ClN3O5. The van der Waals surface area contributed by atoms with E-state index in [1.807, 2.05) is 45.9 Å². The second-order valence-corrected chi connectivity index (χ2v) is 12.2. The summed E-state index contributed by atoms with van der Waals surface area (Å²) in [6.07, 6.45) is 0.952. The van der Waals surface area contributed by atoms with Gasteiger partial charge in [-0.15, -0.1) is 0 Å². The molecule has 1 spiro atoms. The maximum Gasteiger partial charge on any atom is 0.250 e. The van der Waals surface area contributed by atoms with E-state index in [2.05, 4.69) is 10.6 Å². The molecule has 39 heavy (non-hydrogen) atoms. The lowest BCUT2D eigenvalue weighted by molar-refractivity contribution is -0.148. The summed E-state index contributed by atoms with van der Waals surface area (Å²) < 4.78 is 6.76. The van der Waals surface area contributed by atoms with E-state index in [9.17, 15) is 19.5 Å². The summed E-state index contributed by atoms with van der Waals surface area (Å²) in [6.45, 7) is 7.60. The molecule has 2 aromatic carbocycles. The first kappa shape index (κ1) is 27.6. The van der Waals surface area contributed by atoms with Gasteiger partial charge in [-0.1, -0.05) is 50.6 Å². The number of rotatable bonds is 8. The number of anilines is 2. The zero-order valence-corrected chi connectivity index (χ0v) is 23.4. The van der Waals surface area contributed by atoms with Gasteiger partial charge in [0.15, 0.2) is 0 Å². The highest BCUT2D eigenvalue weighted by molar-refractivity contribution is 6.30. The van der Waals surface area contributed by atoms with E-state index in [1.54, 1.807) is 36.4 Å². The molecule has 3 N–H and O–H groups in total. The van der Waals surface area contributed by atoms with Crippen molar-refractivity contribution in [3.8, 4) is 0 Å². The topological polar surface area (TPSA) is 108 Å². The number of carbonyl (C=O) groups excluding carboxylic acids is 3. The predicted octanol–water partition coefficient (Wildman–Crippen LogP) is 4.33. The lowest BCUT2D eigenvalue weighted by Gasteiger charge is -2.37. The van der Waals surface area contributed by atoms with Gasteiger partial charge in [-0.05, 0) is 68.0 Å². The van der Waals surface area contributed by atoms with E-state index >= 15 is 0 Å². The molecule has 5 rings (SSSR count). The fourth-order valence-corrected chi connectivity index (χ4v) is 7.20. The van der Waals surface area contributed by atoms with Crippen LogP contribution in [-0.2, 0) is 19.1 Å². The van der Waals surface area contributed by atoms with E-state index in [1.165, 1.54) is 4.90 Å². The summed E-state index contributed by atoms with van der Waals surface area (Å²) in [5, 5.41) is 16.9. The molecule has 3 amide bonds. The van der Waals surface area contributed by atoms with Crippen molar-refractivity contribution in [1.29, 1.82) is 0 Å². The van der Waals surface area contributed by atoms with Gasteiger partial charge in [-0.25, -0.2) is 0 Å². The third-order valence-corrected chi connectivity index (χ3v) is 9.04. The Balaban J connectivity index is 1.57. The van der Waals surface area contributed by atoms with Crippen LogP contribution in [0.5, 0.6) is 0 Å². The molecule has 0 saturated carbocycles. The zero-order valence-electron chi connectivity index (χ0n) is 22.7. The van der Waals surface area contributed by atoms with Crippen LogP contribution in [0.2, 0.25) is 5.02 Å². The van der Waals surface area contributed by atoms with Gasteiger partial charge < -0.3 is 25.4 Å². The number of aliphatic hydroxyl groups is 1. The maximum atomic E-state index is 14.3. The SMILES string of the molecule is CC(C)C[C@H](CO)N1C(=O)[C@@H]2[C@H](C(=O)Nc3ccccc3)[C@@]3(C)OC2(CC3C)C1C(=O)Nc1ccc(Cl)cc1. The Morgan fingerprint density at radius 1 is 1.08 bits per heavy atom. The molecule has 3 heterocycles. The minimum atomic E-state index is -1.20. The van der Waals surface area contributed by atoms with Gasteiger partial charge in [0, 0.05) is 16.4 Å². The number of carbonyl (C=O) groups is 3. The summed E-state index contributed by atoms with van der Waals surface area (Å²) in [7, 11) is 0. The molecular weight excluding hydrogens is 518 g/mol. The van der Waals surface area contributed by atoms with Crippen LogP contribution >= 0.6 is 11.6 Å². The maximum absolute atomic E-state index is 14.3. The van der Waals surface area contributed by atoms with E-state index < -0.39 is 41.0 Å². The molecule has 3 saturated heterocycles. The minimum Gasteiger partial charge on any atom is -0.394 e. The van der Waals surface area contributed by atoms with E-state index in [0.29, 0.717) is 29.2 Å². The fourth-order valence-electron chi connectivity index (χ4n) is 7.08. The van der Waals surface area contributed by atoms with Gasteiger partial charge in [0.05, 0.1) is 30.1 Å². The van der Waals surface area contributed by atoms with Gasteiger partial charge >= 0.3 is 0 Å². The van der Waals surface area contributed by atoms with E-state index in [-0.39, 0.29) is 30.3 Å².